The summed E-state index contributed by atoms with van der Waals surface area (Å²) in [5.41, 5.74) is -1.27. The fraction of sp³-hybridized carbons (Fsp3) is 0.263. The molecule has 1 aromatic heterocycles. The van der Waals surface area contributed by atoms with Crippen LogP contribution in [0.15, 0.2) is 52.2 Å². The molecule has 0 atom stereocenters. The average molecular weight is 476 g/mol. The Bertz CT molecular complexity index is 1260. The summed E-state index contributed by atoms with van der Waals surface area (Å²) in [5.74, 6) is 0.0199. The summed E-state index contributed by atoms with van der Waals surface area (Å²) in [6, 6.07) is 8.53. The normalized spacial score (nSPS) is 12.6. The van der Waals surface area contributed by atoms with Crippen LogP contribution in [-0.2, 0) is 27.5 Å². The molecule has 0 aliphatic carbocycles. The quantitative estimate of drug-likeness (QED) is 0.565. The van der Waals surface area contributed by atoms with Gasteiger partial charge in [0.05, 0.1) is 34.6 Å². The third kappa shape index (κ3) is 5.06. The van der Waals surface area contributed by atoms with Crippen LogP contribution in [0.25, 0.3) is 10.9 Å². The Labute approximate surface area is 180 Å². The number of hydrogen-bond donors (Lipinski definition) is 1. The van der Waals surface area contributed by atoms with Crippen LogP contribution in [0.4, 0.5) is 13.2 Å². The van der Waals surface area contributed by atoms with Gasteiger partial charge >= 0.3 is 6.18 Å². The molecule has 7 nitrogen and oxygen atoms in total. The number of aromatic nitrogens is 2. The highest BCUT2D eigenvalue weighted by molar-refractivity contribution is 7.89. The number of aromatic amines is 1. The Morgan fingerprint density at radius 3 is 2.58 bits per heavy atom. The monoisotopic (exact) mass is 475 g/mol. The Kier molecular flexibility index (Phi) is 6.70. The zero-order chi connectivity index (χ0) is 22.8. The molecule has 12 heteroatoms. The molecule has 0 radical (unpaired) electrons. The zero-order valence-electron chi connectivity index (χ0n) is 16.1. The van der Waals surface area contributed by atoms with E-state index in [4.69, 9.17) is 16.3 Å². The Morgan fingerprint density at radius 1 is 1.19 bits per heavy atom. The lowest BCUT2D eigenvalue weighted by Gasteiger charge is -2.22. The van der Waals surface area contributed by atoms with Crippen LogP contribution in [0, 0.1) is 0 Å². The first-order chi connectivity index (χ1) is 14.5. The molecule has 1 N–H and O–H groups in total. The molecule has 0 bridgehead atoms. The van der Waals surface area contributed by atoms with Crippen molar-refractivity contribution in [2.75, 3.05) is 20.3 Å². The van der Waals surface area contributed by atoms with Crippen LogP contribution in [-0.4, -0.2) is 43.0 Å². The van der Waals surface area contributed by atoms with Crippen LogP contribution >= 0.6 is 11.6 Å². The maximum Gasteiger partial charge on any atom is 0.416 e. The first-order valence-electron chi connectivity index (χ1n) is 8.88. The molecule has 31 heavy (non-hydrogen) atoms. The van der Waals surface area contributed by atoms with E-state index in [2.05, 4.69) is 9.97 Å². The molecule has 0 spiro atoms. The largest absolute Gasteiger partial charge is 0.416 e. The number of H-pyrrole nitrogens is 1. The van der Waals surface area contributed by atoms with Crippen LogP contribution in [0.1, 0.15) is 11.4 Å². The number of ether oxygens (including phenoxy) is 1. The zero-order valence-corrected chi connectivity index (χ0v) is 17.7. The maximum atomic E-state index is 13.2. The van der Waals surface area contributed by atoms with Crippen LogP contribution in [0.3, 0.4) is 0 Å². The predicted octanol–water partition coefficient (Wildman–Crippen LogP) is 3.43. The number of methoxy groups -OCH3 is 1. The number of halogens is 4. The van der Waals surface area contributed by atoms with Gasteiger partial charge in [0, 0.05) is 13.7 Å². The van der Waals surface area contributed by atoms with Gasteiger partial charge in [0.1, 0.15) is 10.7 Å². The van der Waals surface area contributed by atoms with E-state index in [1.165, 1.54) is 7.11 Å². The molecule has 1 heterocycles. The van der Waals surface area contributed by atoms with E-state index >= 15 is 0 Å². The van der Waals surface area contributed by atoms with Crippen molar-refractivity contribution >= 4 is 32.5 Å². The molecular weight excluding hydrogens is 459 g/mol. The van der Waals surface area contributed by atoms with Crippen LogP contribution in [0.2, 0.25) is 5.02 Å². The topological polar surface area (TPSA) is 92.4 Å². The second-order valence-corrected chi connectivity index (χ2v) is 8.82. The second-order valence-electron chi connectivity index (χ2n) is 6.50. The highest BCUT2D eigenvalue weighted by Crippen LogP contribution is 2.34. The van der Waals surface area contributed by atoms with Crippen molar-refractivity contribution in [3.8, 4) is 0 Å². The van der Waals surface area contributed by atoms with Crippen molar-refractivity contribution in [1.82, 2.24) is 14.3 Å². The van der Waals surface area contributed by atoms with E-state index in [9.17, 15) is 26.4 Å². The minimum atomic E-state index is -4.75. The number of benzene rings is 2. The van der Waals surface area contributed by atoms with Gasteiger partial charge < -0.3 is 9.72 Å². The van der Waals surface area contributed by atoms with Gasteiger partial charge in [-0.15, -0.1) is 0 Å². The molecule has 3 aromatic rings. The van der Waals surface area contributed by atoms with Gasteiger partial charge in [-0.3, -0.25) is 4.79 Å². The summed E-state index contributed by atoms with van der Waals surface area (Å²) in [6.07, 6.45) is -4.75. The first-order valence-corrected chi connectivity index (χ1v) is 10.7. The standard InChI is InChI=1S/C19H17ClF3N3O4S/c1-30-9-8-26(11-17-24-15-5-3-2-4-13(15)18(27)25-17)31(28,29)16-10-12(19(21,22)23)6-7-14(16)20/h2-7,10H,8-9,11H2,1H3,(H,24,25,27). The Balaban J connectivity index is 2.06. The number of fused-ring (bicyclic) bond motifs is 1. The SMILES string of the molecule is COCCN(Cc1nc2ccccc2c(=O)[nH]1)S(=O)(=O)c1cc(C(F)(F)F)ccc1Cl. The lowest BCUT2D eigenvalue weighted by molar-refractivity contribution is -0.137. The van der Waals surface area contributed by atoms with Crippen molar-refractivity contribution in [3.05, 3.63) is 69.2 Å². The third-order valence-electron chi connectivity index (χ3n) is 4.41. The maximum absolute atomic E-state index is 13.2. The molecular formula is C19H17ClF3N3O4S. The van der Waals surface area contributed by atoms with Gasteiger partial charge in [-0.2, -0.15) is 17.5 Å². The van der Waals surface area contributed by atoms with Crippen molar-refractivity contribution in [2.45, 2.75) is 17.6 Å². The van der Waals surface area contributed by atoms with Gasteiger partial charge in [0.25, 0.3) is 5.56 Å². The van der Waals surface area contributed by atoms with Gasteiger partial charge in [-0.25, -0.2) is 13.4 Å². The molecule has 2 aromatic carbocycles. The summed E-state index contributed by atoms with van der Waals surface area (Å²) < 4.78 is 71.5. The summed E-state index contributed by atoms with van der Waals surface area (Å²) in [5, 5.41) is -0.0474. The van der Waals surface area contributed by atoms with Gasteiger partial charge in [0.2, 0.25) is 10.0 Å². The minimum absolute atomic E-state index is 0.0199. The molecule has 0 aliphatic rings. The summed E-state index contributed by atoms with van der Waals surface area (Å²) in [6.45, 7) is -0.659. The molecule has 0 unspecified atom stereocenters. The highest BCUT2D eigenvalue weighted by atomic mass is 35.5. The number of rotatable bonds is 7. The van der Waals surface area contributed by atoms with Crippen molar-refractivity contribution in [2.24, 2.45) is 0 Å². The van der Waals surface area contributed by atoms with Gasteiger partial charge in [0.15, 0.2) is 0 Å². The molecule has 3 rings (SSSR count). The van der Waals surface area contributed by atoms with Gasteiger partial charge in [-0.05, 0) is 30.3 Å². The van der Waals surface area contributed by atoms with Crippen molar-refractivity contribution in [1.29, 1.82) is 0 Å². The molecule has 0 fully saturated rings. The number of sulfonamides is 1. The van der Waals surface area contributed by atoms with E-state index in [1.54, 1.807) is 24.3 Å². The lowest BCUT2D eigenvalue weighted by atomic mass is 10.2. The summed E-state index contributed by atoms with van der Waals surface area (Å²) >= 11 is 5.94. The van der Waals surface area contributed by atoms with E-state index < -0.39 is 38.8 Å². The fourth-order valence-electron chi connectivity index (χ4n) is 2.87. The highest BCUT2D eigenvalue weighted by Gasteiger charge is 2.34. The van der Waals surface area contributed by atoms with Crippen molar-refractivity contribution < 1.29 is 26.3 Å². The summed E-state index contributed by atoms with van der Waals surface area (Å²) in [4.78, 5) is 18.3. The van der Waals surface area contributed by atoms with Gasteiger partial charge in [-0.1, -0.05) is 23.7 Å². The number of hydrogen-bond acceptors (Lipinski definition) is 5. The van der Waals surface area contributed by atoms with E-state index in [-0.39, 0.29) is 24.0 Å². The van der Waals surface area contributed by atoms with E-state index in [0.29, 0.717) is 23.0 Å². The fourth-order valence-corrected chi connectivity index (χ4v) is 4.76. The molecule has 0 saturated carbocycles. The number of alkyl halides is 3. The second kappa shape index (κ2) is 8.95. The molecule has 0 amide bonds. The minimum Gasteiger partial charge on any atom is -0.383 e. The predicted molar refractivity (Wildman–Crippen MR) is 108 cm³/mol. The molecule has 0 aliphatic heterocycles. The number of para-hydroxylation sites is 1. The third-order valence-corrected chi connectivity index (χ3v) is 6.74. The van der Waals surface area contributed by atoms with Crippen LogP contribution in [0.5, 0.6) is 0 Å². The van der Waals surface area contributed by atoms with Crippen LogP contribution < -0.4 is 5.56 Å². The average Bonchev–Trinajstić information content (AvgIpc) is 2.70. The Hall–Kier alpha value is -2.47. The number of nitrogens with one attached hydrogen (secondary N) is 1. The molecule has 0 saturated heterocycles. The number of nitrogens with zero attached hydrogens (tertiary/aromatic N) is 2. The first kappa shape index (κ1) is 23.2. The van der Waals surface area contributed by atoms with Crippen molar-refractivity contribution in [3.63, 3.8) is 0 Å². The summed E-state index contributed by atoms with van der Waals surface area (Å²) in [7, 11) is -3.15. The lowest BCUT2D eigenvalue weighted by Crippen LogP contribution is -2.35. The Morgan fingerprint density at radius 2 is 1.90 bits per heavy atom. The van der Waals surface area contributed by atoms with E-state index in [1.807, 2.05) is 0 Å². The van der Waals surface area contributed by atoms with E-state index in [0.717, 1.165) is 10.4 Å². The molecule has 166 valence electrons. The smallest absolute Gasteiger partial charge is 0.383 e.